The summed E-state index contributed by atoms with van der Waals surface area (Å²) in [4.78, 5) is 23.0. The molecular formula is C19H32Cl2N6O. The topological polar surface area (TPSA) is 96.2 Å². The van der Waals surface area contributed by atoms with Gasteiger partial charge in [-0.3, -0.25) is 9.69 Å². The Bertz CT molecular complexity index is 639. The normalized spacial score (nSPS) is 25.4. The number of halogens is 2. The van der Waals surface area contributed by atoms with Crippen LogP contribution in [0.4, 0.5) is 11.8 Å². The number of nitrogens with two attached hydrogens (primary N) is 1. The van der Waals surface area contributed by atoms with Crippen molar-refractivity contribution in [3.63, 3.8) is 0 Å². The first-order chi connectivity index (χ1) is 12.7. The van der Waals surface area contributed by atoms with Crippen LogP contribution in [0.1, 0.15) is 44.9 Å². The highest BCUT2D eigenvalue weighted by molar-refractivity contribution is 5.85. The summed E-state index contributed by atoms with van der Waals surface area (Å²) in [5.74, 6) is 2.60. The van der Waals surface area contributed by atoms with Crippen LogP contribution in [-0.2, 0) is 4.79 Å². The Kier molecular flexibility index (Phi) is 8.58. The second-order valence-electron chi connectivity index (χ2n) is 8.15. The largest absolute Gasteiger partial charge is 0.368 e. The lowest BCUT2D eigenvalue weighted by molar-refractivity contribution is -0.123. The summed E-state index contributed by atoms with van der Waals surface area (Å²) in [5, 5.41) is 6.77. The smallest absolute Gasteiger partial charge is 0.234 e. The molecule has 1 saturated heterocycles. The summed E-state index contributed by atoms with van der Waals surface area (Å²) >= 11 is 0. The van der Waals surface area contributed by atoms with Crippen molar-refractivity contribution < 1.29 is 4.79 Å². The molecule has 2 heterocycles. The van der Waals surface area contributed by atoms with Crippen LogP contribution in [0.25, 0.3) is 0 Å². The van der Waals surface area contributed by atoms with Crippen LogP contribution in [0.15, 0.2) is 12.3 Å². The molecule has 2 saturated carbocycles. The Labute approximate surface area is 179 Å². The van der Waals surface area contributed by atoms with E-state index in [0.717, 1.165) is 37.7 Å². The van der Waals surface area contributed by atoms with E-state index < -0.39 is 0 Å². The van der Waals surface area contributed by atoms with Crippen LogP contribution in [0.2, 0.25) is 0 Å². The molecule has 28 heavy (non-hydrogen) atoms. The molecule has 1 aromatic heterocycles. The molecule has 9 heteroatoms. The maximum Gasteiger partial charge on any atom is 0.234 e. The van der Waals surface area contributed by atoms with E-state index in [2.05, 4.69) is 25.5 Å². The maximum atomic E-state index is 12.5. The Balaban J connectivity index is 0.00000140. The van der Waals surface area contributed by atoms with Gasteiger partial charge in [0, 0.05) is 31.4 Å². The van der Waals surface area contributed by atoms with Crippen molar-refractivity contribution in [2.75, 3.05) is 30.7 Å². The average molecular weight is 431 g/mol. The molecule has 0 radical (unpaired) electrons. The van der Waals surface area contributed by atoms with E-state index in [4.69, 9.17) is 5.73 Å². The molecule has 158 valence electrons. The van der Waals surface area contributed by atoms with Gasteiger partial charge >= 0.3 is 0 Å². The number of nitrogen functional groups attached to an aromatic ring is 1. The van der Waals surface area contributed by atoms with Gasteiger partial charge in [-0.15, -0.1) is 24.8 Å². The Morgan fingerprint density at radius 1 is 1.14 bits per heavy atom. The molecule has 3 aliphatic rings. The van der Waals surface area contributed by atoms with Gasteiger partial charge in [0.15, 0.2) is 0 Å². The highest BCUT2D eigenvalue weighted by atomic mass is 35.5. The number of nitrogens with zero attached hydrogens (tertiary/aromatic N) is 3. The summed E-state index contributed by atoms with van der Waals surface area (Å²) in [6.07, 6.45) is 10.3. The Morgan fingerprint density at radius 2 is 1.89 bits per heavy atom. The minimum atomic E-state index is 0. The molecule has 2 aliphatic carbocycles. The molecular weight excluding hydrogens is 399 g/mol. The van der Waals surface area contributed by atoms with Crippen molar-refractivity contribution in [3.05, 3.63) is 12.3 Å². The first-order valence-electron chi connectivity index (χ1n) is 10.0. The number of anilines is 2. The molecule has 7 nitrogen and oxygen atoms in total. The van der Waals surface area contributed by atoms with Crippen LogP contribution in [0.5, 0.6) is 0 Å². The molecule has 3 fully saturated rings. The first-order valence-corrected chi connectivity index (χ1v) is 10.0. The number of aromatic nitrogens is 2. The van der Waals surface area contributed by atoms with Gasteiger partial charge in [-0.25, -0.2) is 4.98 Å². The van der Waals surface area contributed by atoms with Crippen molar-refractivity contribution in [1.29, 1.82) is 0 Å². The number of carbonyl (C=O) groups excluding carboxylic acids is 1. The standard InChI is InChI=1S/C19H30N6O.2ClH/c20-19-21-9-8-17(24-19)23-16-11-25(10-15(16)13-6-7-13)12-18(26)22-14-4-2-1-3-5-14;;/h8-9,13-16H,1-7,10-12H2,(H,22,26)(H3,20,21,23,24);2*1H/t15-,16+;;/m1../s1. The second kappa shape index (κ2) is 10.5. The fraction of sp³-hybridized carbons (Fsp3) is 0.737. The van der Waals surface area contributed by atoms with E-state index in [9.17, 15) is 4.79 Å². The fourth-order valence-corrected chi connectivity index (χ4v) is 4.56. The summed E-state index contributed by atoms with van der Waals surface area (Å²) in [6, 6.07) is 2.56. The molecule has 4 N–H and O–H groups in total. The lowest BCUT2D eigenvalue weighted by Crippen LogP contribution is -2.42. The van der Waals surface area contributed by atoms with E-state index >= 15 is 0 Å². The van der Waals surface area contributed by atoms with Gasteiger partial charge in [0.2, 0.25) is 11.9 Å². The molecule has 1 amide bonds. The van der Waals surface area contributed by atoms with Gasteiger partial charge in [0.1, 0.15) is 5.82 Å². The van der Waals surface area contributed by atoms with Crippen molar-refractivity contribution in [1.82, 2.24) is 20.2 Å². The number of likely N-dealkylation sites (tertiary alicyclic amines) is 1. The van der Waals surface area contributed by atoms with Gasteiger partial charge < -0.3 is 16.4 Å². The minimum Gasteiger partial charge on any atom is -0.368 e. The van der Waals surface area contributed by atoms with Gasteiger partial charge in [-0.1, -0.05) is 19.3 Å². The summed E-state index contributed by atoms with van der Waals surface area (Å²) in [6.45, 7) is 2.37. The van der Waals surface area contributed by atoms with E-state index in [1.54, 1.807) is 6.20 Å². The summed E-state index contributed by atoms with van der Waals surface area (Å²) < 4.78 is 0. The van der Waals surface area contributed by atoms with E-state index in [1.807, 2.05) is 6.07 Å². The van der Waals surface area contributed by atoms with Crippen LogP contribution in [-0.4, -0.2) is 52.5 Å². The highest BCUT2D eigenvalue weighted by Gasteiger charge is 2.43. The molecule has 1 aromatic rings. The maximum absolute atomic E-state index is 12.5. The monoisotopic (exact) mass is 430 g/mol. The number of rotatable bonds is 6. The molecule has 0 aromatic carbocycles. The molecule has 1 aliphatic heterocycles. The van der Waals surface area contributed by atoms with Crippen molar-refractivity contribution in [3.8, 4) is 0 Å². The summed E-state index contributed by atoms with van der Waals surface area (Å²) in [7, 11) is 0. The molecule has 4 rings (SSSR count). The zero-order valence-corrected chi connectivity index (χ0v) is 17.8. The molecule has 0 spiro atoms. The lowest BCUT2D eigenvalue weighted by Gasteiger charge is -2.24. The lowest BCUT2D eigenvalue weighted by atomic mass is 9.95. The predicted molar refractivity (Wildman–Crippen MR) is 116 cm³/mol. The second-order valence-corrected chi connectivity index (χ2v) is 8.15. The number of hydrogen-bond donors (Lipinski definition) is 3. The van der Waals surface area contributed by atoms with E-state index in [1.165, 1.54) is 32.1 Å². The minimum absolute atomic E-state index is 0. The third-order valence-electron chi connectivity index (χ3n) is 6.01. The molecule has 0 bridgehead atoms. The van der Waals surface area contributed by atoms with Crippen LogP contribution >= 0.6 is 24.8 Å². The first kappa shape index (κ1) is 23.0. The average Bonchev–Trinajstić information content (AvgIpc) is 3.39. The van der Waals surface area contributed by atoms with Gasteiger partial charge in [0.05, 0.1) is 6.54 Å². The number of amides is 1. The quantitative estimate of drug-likeness (QED) is 0.641. The molecule has 0 unspecified atom stereocenters. The summed E-state index contributed by atoms with van der Waals surface area (Å²) in [5.41, 5.74) is 5.70. The predicted octanol–water partition coefficient (Wildman–Crippen LogP) is 2.47. The van der Waals surface area contributed by atoms with Crippen LogP contribution in [0, 0.1) is 11.8 Å². The van der Waals surface area contributed by atoms with Gasteiger partial charge in [-0.2, -0.15) is 4.98 Å². The number of nitrogens with one attached hydrogen (secondary N) is 2. The van der Waals surface area contributed by atoms with Crippen molar-refractivity contribution in [2.45, 2.75) is 57.0 Å². The highest BCUT2D eigenvalue weighted by Crippen LogP contribution is 2.42. The zero-order valence-electron chi connectivity index (χ0n) is 16.2. The SMILES string of the molecule is Cl.Cl.Nc1nccc(N[C@H]2CN(CC(=O)NC3CCCCC3)C[C@@H]2C2CC2)n1. The number of hydrogen-bond acceptors (Lipinski definition) is 6. The van der Waals surface area contributed by atoms with E-state index in [-0.39, 0.29) is 30.7 Å². The van der Waals surface area contributed by atoms with Gasteiger partial charge in [-0.05, 0) is 43.6 Å². The van der Waals surface area contributed by atoms with E-state index in [0.29, 0.717) is 30.5 Å². The van der Waals surface area contributed by atoms with Crippen LogP contribution in [0.3, 0.4) is 0 Å². The van der Waals surface area contributed by atoms with Crippen molar-refractivity contribution in [2.24, 2.45) is 11.8 Å². The zero-order chi connectivity index (χ0) is 17.9. The van der Waals surface area contributed by atoms with Crippen LogP contribution < -0.4 is 16.4 Å². The fourth-order valence-electron chi connectivity index (χ4n) is 4.56. The van der Waals surface area contributed by atoms with Crippen molar-refractivity contribution >= 4 is 42.5 Å². The third-order valence-corrected chi connectivity index (χ3v) is 6.01. The third kappa shape index (κ3) is 6.09. The molecule has 2 atom stereocenters. The van der Waals surface area contributed by atoms with Gasteiger partial charge in [0.25, 0.3) is 0 Å². The Morgan fingerprint density at radius 3 is 2.57 bits per heavy atom. The number of carbonyl (C=O) groups is 1. The Hall–Kier alpha value is -1.31.